The average molecular weight is 841 g/mol. The normalized spacial score (nSPS) is 11.1. The first-order valence-corrected chi connectivity index (χ1v) is 18.4. The van der Waals surface area contributed by atoms with Crippen LogP contribution < -0.4 is 9.92 Å². The van der Waals surface area contributed by atoms with Gasteiger partial charge in [-0.1, -0.05) is 30.6 Å². The topological polar surface area (TPSA) is 181 Å². The number of anilines is 1. The fraction of sp³-hybridized carbons (Fsp3) is 0.0588. The lowest BCUT2D eigenvalue weighted by Crippen LogP contribution is -2.14. The predicted octanol–water partition coefficient (Wildman–Crippen LogP) is 7.70. The van der Waals surface area contributed by atoms with Gasteiger partial charge in [0.1, 0.15) is 33.7 Å². The first-order chi connectivity index (χ1) is 25.6. The van der Waals surface area contributed by atoms with Gasteiger partial charge in [0, 0.05) is 35.6 Å². The second-order valence-electron chi connectivity index (χ2n) is 10.5. The number of halogens is 7. The second-order valence-corrected chi connectivity index (χ2v) is 14.8. The summed E-state index contributed by atoms with van der Waals surface area (Å²) in [4.78, 5) is 22.4. The van der Waals surface area contributed by atoms with Gasteiger partial charge in [0.05, 0.1) is 16.3 Å². The van der Waals surface area contributed by atoms with Gasteiger partial charge in [0.15, 0.2) is 9.84 Å². The molecule has 0 radical (unpaired) electrons. The van der Waals surface area contributed by atoms with Crippen molar-refractivity contribution in [2.45, 2.75) is 23.0 Å². The highest BCUT2D eigenvalue weighted by Crippen LogP contribution is 2.32. The Morgan fingerprint density at radius 3 is 1.56 bits per heavy atom. The molecule has 21 heteroatoms. The van der Waals surface area contributed by atoms with Crippen molar-refractivity contribution >= 4 is 70.5 Å². The smallest absolute Gasteiger partial charge is 0.339 e. The molecule has 0 fully saturated rings. The molecule has 4 heterocycles. The summed E-state index contributed by atoms with van der Waals surface area (Å²) in [5.74, 6) is -13.5. The quantitative estimate of drug-likeness (QED) is 0.0568. The fourth-order valence-corrected chi connectivity index (χ4v) is 7.12. The van der Waals surface area contributed by atoms with E-state index in [1.165, 1.54) is 43.2 Å². The molecule has 0 aliphatic heterocycles. The van der Waals surface area contributed by atoms with E-state index in [9.17, 15) is 38.8 Å². The van der Waals surface area contributed by atoms with Crippen LogP contribution in [-0.4, -0.2) is 46.7 Å². The number of sulfone groups is 1. The number of benzene rings is 3. The standard InChI is InChI=1S/C15H5ClF5NO3S.C14H10ClN3O2S.C4H5N3.CH4/c16-15-8-2-1-7(5-6(8)3-4-22-15)26(23,24)25-14-12(20)10(18)9(17)11(19)13(14)21;15-14-13-2-1-12(7-10(13)3-6-17-14)21(19,20)8-11-4-5-16-9-18-11;5-4-1-2-6-3-7-4;/h1-5H;1-7,9H,8H2;1-3H,(H2,5,6,7);1H4. The molecule has 0 aliphatic rings. The number of rotatable bonds is 6. The molecule has 2 N–H and O–H groups in total. The minimum Gasteiger partial charge on any atom is -0.384 e. The van der Waals surface area contributed by atoms with Crippen LogP contribution in [0.15, 0.2) is 108 Å². The summed E-state index contributed by atoms with van der Waals surface area (Å²) >= 11 is 11.8. The zero-order valence-corrected chi connectivity index (χ0v) is 29.9. The zero-order valence-electron chi connectivity index (χ0n) is 26.7. The molecule has 0 saturated carbocycles. The van der Waals surface area contributed by atoms with Gasteiger partial charge in [-0.25, -0.2) is 51.5 Å². The Labute approximate surface area is 319 Å². The van der Waals surface area contributed by atoms with Crippen LogP contribution in [0.5, 0.6) is 5.75 Å². The molecule has 0 atom stereocenters. The molecule has 3 aromatic carbocycles. The molecule has 12 nitrogen and oxygen atoms in total. The lowest BCUT2D eigenvalue weighted by atomic mass is 10.2. The third-order valence-corrected chi connectivity index (χ3v) is 10.4. The van der Waals surface area contributed by atoms with Crippen LogP contribution in [0, 0.1) is 29.1 Å². The average Bonchev–Trinajstić information content (AvgIpc) is 3.16. The highest BCUT2D eigenvalue weighted by molar-refractivity contribution is 7.90. The molecule has 0 aliphatic carbocycles. The van der Waals surface area contributed by atoms with E-state index in [1.807, 2.05) is 0 Å². The van der Waals surface area contributed by atoms with Gasteiger partial charge >= 0.3 is 10.1 Å². The number of hydrogen-bond acceptors (Lipinski definition) is 12. The van der Waals surface area contributed by atoms with Crippen molar-refractivity contribution in [1.29, 1.82) is 0 Å². The Balaban J connectivity index is 0.000000207. The molecule has 0 bridgehead atoms. The molecule has 0 saturated heterocycles. The largest absolute Gasteiger partial charge is 0.384 e. The molecule has 4 aromatic heterocycles. The molecule has 286 valence electrons. The van der Waals surface area contributed by atoms with Gasteiger partial charge in [-0.05, 0) is 71.4 Å². The monoisotopic (exact) mass is 839 g/mol. The number of pyridine rings is 2. The van der Waals surface area contributed by atoms with Gasteiger partial charge < -0.3 is 9.92 Å². The summed E-state index contributed by atoms with van der Waals surface area (Å²) in [6.45, 7) is 0. The molecule has 55 heavy (non-hydrogen) atoms. The van der Waals surface area contributed by atoms with E-state index < -0.39 is 59.7 Å². The third-order valence-electron chi connectivity index (χ3n) is 6.97. The van der Waals surface area contributed by atoms with Gasteiger partial charge in [-0.15, -0.1) is 0 Å². The SMILES string of the molecule is C.Nc1ccncn1.O=S(=O)(Cc1ccncn1)c1ccc2c(Cl)nccc2c1.O=S(=O)(Oc1c(F)c(F)c(F)c(F)c1F)c1ccc2c(Cl)nccc2c1. The molecular formula is C34H24Cl2F5N7O5S2. The Morgan fingerprint density at radius 2 is 1.09 bits per heavy atom. The lowest BCUT2D eigenvalue weighted by Gasteiger charge is -2.11. The number of nitrogens with two attached hydrogens (primary N) is 1. The van der Waals surface area contributed by atoms with E-state index in [0.717, 1.165) is 22.9 Å². The van der Waals surface area contributed by atoms with Gasteiger partial charge in [-0.3, -0.25) is 0 Å². The highest BCUT2D eigenvalue weighted by atomic mass is 35.5. The van der Waals surface area contributed by atoms with E-state index >= 15 is 0 Å². The Bertz CT molecular complexity index is 2680. The van der Waals surface area contributed by atoms with Crippen LogP contribution in [0.2, 0.25) is 10.3 Å². The van der Waals surface area contributed by atoms with Crippen molar-refractivity contribution in [3.8, 4) is 5.75 Å². The van der Waals surface area contributed by atoms with E-state index in [-0.39, 0.29) is 23.2 Å². The van der Waals surface area contributed by atoms with E-state index in [0.29, 0.717) is 27.4 Å². The fourth-order valence-electron chi connectivity index (χ4n) is 4.39. The number of hydrogen-bond donors (Lipinski definition) is 1. The van der Waals surface area contributed by atoms with Crippen molar-refractivity contribution < 1.29 is 43.0 Å². The third kappa shape index (κ3) is 9.92. The van der Waals surface area contributed by atoms with Crippen LogP contribution in [0.4, 0.5) is 27.8 Å². The van der Waals surface area contributed by atoms with Crippen molar-refractivity contribution in [1.82, 2.24) is 29.9 Å². The maximum absolute atomic E-state index is 13.6. The van der Waals surface area contributed by atoms with Crippen LogP contribution in [0.1, 0.15) is 13.1 Å². The summed E-state index contributed by atoms with van der Waals surface area (Å²) in [7, 11) is -8.38. The first-order valence-electron chi connectivity index (χ1n) is 14.6. The summed E-state index contributed by atoms with van der Waals surface area (Å²) in [5, 5.41) is 2.56. The minimum absolute atomic E-state index is 0. The van der Waals surface area contributed by atoms with Gasteiger partial charge in [-0.2, -0.15) is 17.2 Å². The van der Waals surface area contributed by atoms with E-state index in [2.05, 4.69) is 34.1 Å². The zero-order chi connectivity index (χ0) is 39.2. The lowest BCUT2D eigenvalue weighted by molar-refractivity contribution is 0.346. The van der Waals surface area contributed by atoms with Crippen LogP contribution in [-0.2, 0) is 25.7 Å². The molecule has 7 rings (SSSR count). The maximum atomic E-state index is 13.6. The van der Waals surface area contributed by atoms with Crippen molar-refractivity contribution in [2.75, 3.05) is 5.73 Å². The summed E-state index contributed by atoms with van der Waals surface area (Å²) in [6, 6.07) is 14.4. The predicted molar refractivity (Wildman–Crippen MR) is 194 cm³/mol. The van der Waals surface area contributed by atoms with Crippen molar-refractivity contribution in [3.05, 3.63) is 143 Å². The van der Waals surface area contributed by atoms with Crippen LogP contribution >= 0.6 is 23.2 Å². The van der Waals surface area contributed by atoms with E-state index in [4.69, 9.17) is 28.9 Å². The van der Waals surface area contributed by atoms with Gasteiger partial charge in [0.2, 0.25) is 34.8 Å². The number of fused-ring (bicyclic) bond motifs is 2. The number of nitrogens with zero attached hydrogens (tertiary/aromatic N) is 6. The highest BCUT2D eigenvalue weighted by Gasteiger charge is 2.31. The maximum Gasteiger partial charge on any atom is 0.339 e. The Hall–Kier alpha value is -5.63. The first kappa shape index (κ1) is 42.1. The van der Waals surface area contributed by atoms with Gasteiger partial charge in [0.25, 0.3) is 0 Å². The Kier molecular flexibility index (Phi) is 13.5. The number of aromatic nitrogens is 6. The summed E-state index contributed by atoms with van der Waals surface area (Å²) in [5.41, 5.74) is 5.66. The molecule has 0 unspecified atom stereocenters. The van der Waals surface area contributed by atoms with Crippen molar-refractivity contribution in [3.63, 3.8) is 0 Å². The molecule has 0 amide bonds. The van der Waals surface area contributed by atoms with Crippen LogP contribution in [0.3, 0.4) is 0 Å². The summed E-state index contributed by atoms with van der Waals surface area (Å²) < 4.78 is 120. The number of nitrogen functional groups attached to an aromatic ring is 1. The van der Waals surface area contributed by atoms with E-state index in [1.54, 1.807) is 42.7 Å². The summed E-state index contributed by atoms with van der Waals surface area (Å²) in [6.07, 6.45) is 8.69. The second kappa shape index (κ2) is 17.7. The van der Waals surface area contributed by atoms with Crippen LogP contribution in [0.25, 0.3) is 21.5 Å². The Morgan fingerprint density at radius 1 is 0.600 bits per heavy atom. The minimum atomic E-state index is -4.91. The molecular weight excluding hydrogens is 816 g/mol. The van der Waals surface area contributed by atoms with Crippen molar-refractivity contribution in [2.24, 2.45) is 0 Å². The molecule has 7 aromatic rings. The molecule has 0 spiro atoms.